The van der Waals surface area contributed by atoms with Gasteiger partial charge in [0.2, 0.25) is 0 Å². The van der Waals surface area contributed by atoms with Gasteiger partial charge in [-0.25, -0.2) is 0 Å². The molecule has 0 unspecified atom stereocenters. The molecule has 0 bridgehead atoms. The van der Waals surface area contributed by atoms with Crippen LogP contribution in [0.5, 0.6) is 5.75 Å². The van der Waals surface area contributed by atoms with E-state index in [0.29, 0.717) is 17.9 Å². The number of hydrogen-bond donors (Lipinski definition) is 2. The van der Waals surface area contributed by atoms with Gasteiger partial charge in [-0.2, -0.15) is 0 Å². The molecule has 1 heterocycles. The third kappa shape index (κ3) is 6.17. The highest BCUT2D eigenvalue weighted by atomic mass is 16.5. The minimum atomic E-state index is -0.0910. The fourth-order valence-electron chi connectivity index (χ4n) is 3.80. The Kier molecular flexibility index (Phi) is 7.32. The summed E-state index contributed by atoms with van der Waals surface area (Å²) in [6, 6.07) is 27.5. The van der Waals surface area contributed by atoms with Gasteiger partial charge in [-0.3, -0.25) is 4.79 Å². The molecule has 2 N–H and O–H groups in total. The van der Waals surface area contributed by atoms with Crippen molar-refractivity contribution in [2.24, 2.45) is 0 Å². The predicted octanol–water partition coefficient (Wildman–Crippen LogP) is 2.65. The van der Waals surface area contributed by atoms with E-state index >= 15 is 0 Å². The molecule has 0 aromatic heterocycles. The highest BCUT2D eigenvalue weighted by molar-refractivity contribution is 5.94. The zero-order chi connectivity index (χ0) is 21.3. The zero-order valence-electron chi connectivity index (χ0n) is 17.6. The van der Waals surface area contributed by atoms with E-state index in [9.17, 15) is 4.79 Å². The number of carbonyl (C=O) groups is 1. The van der Waals surface area contributed by atoms with Crippen molar-refractivity contribution in [3.63, 3.8) is 0 Å². The highest BCUT2D eigenvalue weighted by Crippen LogP contribution is 2.17. The number of quaternary nitrogens is 1. The molecule has 1 aliphatic rings. The van der Waals surface area contributed by atoms with Crippen LogP contribution < -0.4 is 15.0 Å². The normalized spacial score (nSPS) is 15.2. The molecule has 1 aliphatic heterocycles. The number of amides is 1. The van der Waals surface area contributed by atoms with Crippen LogP contribution in [0.15, 0.2) is 84.9 Å². The first-order valence-electron chi connectivity index (χ1n) is 10.8. The van der Waals surface area contributed by atoms with Gasteiger partial charge >= 0.3 is 0 Å². The van der Waals surface area contributed by atoms with Crippen molar-refractivity contribution in [1.82, 2.24) is 5.32 Å². The standard InChI is InChI=1S/C26H28N2O3/c29-26(23-12-7-13-24(18-23)31-20-21-8-3-1-4-9-21)27-25(22-10-5-2-6-11-22)19-28-14-16-30-17-15-28/h1-13,18,25H,14-17,19-20H2,(H,27,29)/p+1/t25-/m0/s1. The molecule has 0 aliphatic carbocycles. The average Bonchev–Trinajstić information content (AvgIpc) is 2.84. The summed E-state index contributed by atoms with van der Waals surface area (Å²) >= 11 is 0. The molecular weight excluding hydrogens is 388 g/mol. The Morgan fingerprint density at radius 2 is 1.65 bits per heavy atom. The van der Waals surface area contributed by atoms with Crippen molar-refractivity contribution < 1.29 is 19.2 Å². The fraction of sp³-hybridized carbons (Fsp3) is 0.269. The Balaban J connectivity index is 1.43. The Morgan fingerprint density at radius 3 is 2.39 bits per heavy atom. The second-order valence-corrected chi connectivity index (χ2v) is 7.81. The van der Waals surface area contributed by atoms with E-state index in [4.69, 9.17) is 9.47 Å². The van der Waals surface area contributed by atoms with E-state index < -0.39 is 0 Å². The van der Waals surface area contributed by atoms with E-state index in [1.165, 1.54) is 4.90 Å². The second kappa shape index (κ2) is 10.8. The molecule has 5 heteroatoms. The number of benzene rings is 3. The maximum Gasteiger partial charge on any atom is 0.252 e. The Bertz CT molecular complexity index is 957. The van der Waals surface area contributed by atoms with Crippen molar-refractivity contribution in [2.45, 2.75) is 12.6 Å². The molecule has 0 saturated carbocycles. The van der Waals surface area contributed by atoms with Crippen molar-refractivity contribution in [3.05, 3.63) is 102 Å². The van der Waals surface area contributed by atoms with Crippen LogP contribution in [0, 0.1) is 0 Å². The topological polar surface area (TPSA) is 52.0 Å². The lowest BCUT2D eigenvalue weighted by atomic mass is 10.1. The van der Waals surface area contributed by atoms with Gasteiger partial charge in [-0.15, -0.1) is 0 Å². The van der Waals surface area contributed by atoms with Gasteiger partial charge in [0.05, 0.1) is 13.2 Å². The molecule has 160 valence electrons. The van der Waals surface area contributed by atoms with Gasteiger partial charge in [0.1, 0.15) is 38.0 Å². The third-order valence-corrected chi connectivity index (χ3v) is 5.54. The van der Waals surface area contributed by atoms with Crippen LogP contribution in [0.3, 0.4) is 0 Å². The molecule has 31 heavy (non-hydrogen) atoms. The van der Waals surface area contributed by atoms with Gasteiger partial charge < -0.3 is 19.7 Å². The van der Waals surface area contributed by atoms with E-state index in [2.05, 4.69) is 17.4 Å². The summed E-state index contributed by atoms with van der Waals surface area (Å²) < 4.78 is 11.4. The van der Waals surface area contributed by atoms with Crippen LogP contribution in [-0.2, 0) is 11.3 Å². The number of morpholine rings is 1. The summed E-state index contributed by atoms with van der Waals surface area (Å²) in [4.78, 5) is 14.5. The minimum Gasteiger partial charge on any atom is -0.489 e. The van der Waals surface area contributed by atoms with Crippen LogP contribution in [-0.4, -0.2) is 38.8 Å². The average molecular weight is 418 g/mol. The molecular formula is C26H29N2O3+. The van der Waals surface area contributed by atoms with Crippen molar-refractivity contribution >= 4 is 5.91 Å². The Hall–Kier alpha value is -3.15. The SMILES string of the molecule is O=C(N[C@@H](C[NH+]1CCOCC1)c1ccccc1)c1cccc(OCc2ccccc2)c1. The summed E-state index contributed by atoms with van der Waals surface area (Å²) in [6.45, 7) is 4.77. The number of hydrogen-bond acceptors (Lipinski definition) is 3. The molecule has 0 radical (unpaired) electrons. The zero-order valence-corrected chi connectivity index (χ0v) is 17.6. The summed E-state index contributed by atoms with van der Waals surface area (Å²) in [5.74, 6) is 0.596. The molecule has 5 nitrogen and oxygen atoms in total. The molecule has 1 saturated heterocycles. The lowest BCUT2D eigenvalue weighted by Gasteiger charge is -2.28. The minimum absolute atomic E-state index is 0.0595. The second-order valence-electron chi connectivity index (χ2n) is 7.81. The third-order valence-electron chi connectivity index (χ3n) is 5.54. The van der Waals surface area contributed by atoms with Gasteiger partial charge in [0.25, 0.3) is 5.91 Å². The molecule has 0 spiro atoms. The molecule has 3 aromatic rings. The summed E-state index contributed by atoms with van der Waals surface area (Å²) in [5, 5.41) is 3.24. The van der Waals surface area contributed by atoms with E-state index in [-0.39, 0.29) is 11.9 Å². The van der Waals surface area contributed by atoms with Crippen LogP contribution in [0.2, 0.25) is 0 Å². The summed E-state index contributed by atoms with van der Waals surface area (Å²) in [6.07, 6.45) is 0. The molecule has 1 atom stereocenters. The summed E-state index contributed by atoms with van der Waals surface area (Å²) in [5.41, 5.74) is 2.81. The van der Waals surface area contributed by atoms with Crippen molar-refractivity contribution in [3.8, 4) is 5.75 Å². The van der Waals surface area contributed by atoms with Gasteiger partial charge in [0.15, 0.2) is 0 Å². The first-order valence-corrected chi connectivity index (χ1v) is 10.8. The molecule has 4 rings (SSSR count). The van der Waals surface area contributed by atoms with Gasteiger partial charge in [0, 0.05) is 5.56 Å². The van der Waals surface area contributed by atoms with Gasteiger partial charge in [-0.1, -0.05) is 66.7 Å². The lowest BCUT2D eigenvalue weighted by molar-refractivity contribution is -0.909. The molecule has 1 fully saturated rings. The smallest absolute Gasteiger partial charge is 0.252 e. The Morgan fingerprint density at radius 1 is 0.935 bits per heavy atom. The highest BCUT2D eigenvalue weighted by Gasteiger charge is 2.23. The van der Waals surface area contributed by atoms with Gasteiger partial charge in [-0.05, 0) is 29.3 Å². The van der Waals surface area contributed by atoms with Crippen LogP contribution in [0.1, 0.15) is 27.5 Å². The predicted molar refractivity (Wildman–Crippen MR) is 120 cm³/mol. The van der Waals surface area contributed by atoms with E-state index in [0.717, 1.165) is 44.0 Å². The number of nitrogens with one attached hydrogen (secondary N) is 2. The largest absolute Gasteiger partial charge is 0.489 e. The Labute approximate surface area is 183 Å². The molecule has 3 aromatic carbocycles. The van der Waals surface area contributed by atoms with Crippen molar-refractivity contribution in [1.29, 1.82) is 0 Å². The maximum absolute atomic E-state index is 13.1. The van der Waals surface area contributed by atoms with E-state index in [1.807, 2.05) is 72.8 Å². The first-order chi connectivity index (χ1) is 15.3. The van der Waals surface area contributed by atoms with Crippen LogP contribution in [0.4, 0.5) is 0 Å². The van der Waals surface area contributed by atoms with Crippen LogP contribution in [0.25, 0.3) is 0 Å². The number of ether oxygens (including phenoxy) is 2. The number of carbonyl (C=O) groups excluding carboxylic acids is 1. The van der Waals surface area contributed by atoms with E-state index in [1.54, 1.807) is 0 Å². The quantitative estimate of drug-likeness (QED) is 0.593. The van der Waals surface area contributed by atoms with Crippen molar-refractivity contribution in [2.75, 3.05) is 32.8 Å². The number of rotatable bonds is 8. The van der Waals surface area contributed by atoms with Crippen LogP contribution >= 0.6 is 0 Å². The maximum atomic E-state index is 13.1. The fourth-order valence-corrected chi connectivity index (χ4v) is 3.80. The summed E-state index contributed by atoms with van der Waals surface area (Å²) in [7, 11) is 0. The monoisotopic (exact) mass is 417 g/mol. The molecule has 1 amide bonds. The first kappa shape index (κ1) is 21.1. The lowest BCUT2D eigenvalue weighted by Crippen LogP contribution is -3.14.